The smallest absolute Gasteiger partial charge is 0.0782 e. The van der Waals surface area contributed by atoms with Gasteiger partial charge in [0, 0.05) is 0 Å². The predicted octanol–water partition coefficient (Wildman–Crippen LogP) is 2.36. The molecule has 0 spiro atoms. The van der Waals surface area contributed by atoms with Crippen molar-refractivity contribution in [3.05, 3.63) is 0 Å². The maximum Gasteiger partial charge on any atom is 0.0782 e. The summed E-state index contributed by atoms with van der Waals surface area (Å²) in [6.07, 6.45) is 10.7. The standard InChI is InChI=1S/C15H36N3/c1-17-13-9-5-7-11-15-18(2,3)14-10-6-4-8-12-16/h17H,4-16H2,1-3H3/q+1. The summed E-state index contributed by atoms with van der Waals surface area (Å²) in [7, 11) is 6.78. The zero-order valence-electron chi connectivity index (χ0n) is 13.0. The molecule has 18 heavy (non-hydrogen) atoms. The van der Waals surface area contributed by atoms with Gasteiger partial charge < -0.3 is 15.5 Å². The molecule has 0 unspecified atom stereocenters. The lowest BCUT2D eigenvalue weighted by atomic mass is 10.1. The van der Waals surface area contributed by atoms with Crippen molar-refractivity contribution in [2.24, 2.45) is 5.73 Å². The third-order valence-electron chi connectivity index (χ3n) is 3.66. The summed E-state index contributed by atoms with van der Waals surface area (Å²) in [4.78, 5) is 0. The molecule has 0 aliphatic carbocycles. The third-order valence-corrected chi connectivity index (χ3v) is 3.66. The fourth-order valence-corrected chi connectivity index (χ4v) is 2.34. The van der Waals surface area contributed by atoms with Gasteiger partial charge in [0.15, 0.2) is 0 Å². The van der Waals surface area contributed by atoms with Crippen LogP contribution in [0, 0.1) is 0 Å². The summed E-state index contributed by atoms with van der Waals surface area (Å²) in [6.45, 7) is 4.67. The van der Waals surface area contributed by atoms with Crippen LogP contribution in [0.25, 0.3) is 0 Å². The summed E-state index contributed by atoms with van der Waals surface area (Å²) < 4.78 is 1.19. The van der Waals surface area contributed by atoms with Gasteiger partial charge in [-0.05, 0) is 58.7 Å². The summed E-state index contributed by atoms with van der Waals surface area (Å²) in [5.74, 6) is 0. The summed E-state index contributed by atoms with van der Waals surface area (Å²) in [6, 6.07) is 0. The number of quaternary nitrogens is 1. The van der Waals surface area contributed by atoms with Crippen LogP contribution in [0.4, 0.5) is 0 Å². The highest BCUT2D eigenvalue weighted by Crippen LogP contribution is 2.08. The molecule has 0 aromatic heterocycles. The second-order valence-corrected chi connectivity index (χ2v) is 6.10. The Morgan fingerprint density at radius 1 is 0.778 bits per heavy atom. The molecule has 0 atom stereocenters. The molecule has 0 aromatic carbocycles. The fourth-order valence-electron chi connectivity index (χ4n) is 2.34. The average Bonchev–Trinajstić information content (AvgIpc) is 2.33. The van der Waals surface area contributed by atoms with Crippen LogP contribution in [0.1, 0.15) is 51.4 Å². The molecule has 0 fully saturated rings. The van der Waals surface area contributed by atoms with E-state index in [1.165, 1.54) is 75.5 Å². The molecule has 3 nitrogen and oxygen atoms in total. The van der Waals surface area contributed by atoms with E-state index in [-0.39, 0.29) is 0 Å². The molecule has 0 rings (SSSR count). The molecular formula is C15H36N3+. The summed E-state index contributed by atoms with van der Waals surface area (Å²) in [5, 5.41) is 3.21. The van der Waals surface area contributed by atoms with Crippen LogP contribution < -0.4 is 11.1 Å². The van der Waals surface area contributed by atoms with Crippen molar-refractivity contribution >= 4 is 0 Å². The van der Waals surface area contributed by atoms with Crippen LogP contribution in [-0.2, 0) is 0 Å². The van der Waals surface area contributed by atoms with Crippen molar-refractivity contribution in [3.8, 4) is 0 Å². The van der Waals surface area contributed by atoms with Crippen LogP contribution in [-0.4, -0.2) is 51.8 Å². The average molecular weight is 258 g/mol. The van der Waals surface area contributed by atoms with E-state index in [1.807, 2.05) is 7.05 Å². The van der Waals surface area contributed by atoms with Gasteiger partial charge in [0.25, 0.3) is 0 Å². The first-order valence-electron chi connectivity index (χ1n) is 7.79. The second kappa shape index (κ2) is 11.9. The first kappa shape index (κ1) is 17.9. The van der Waals surface area contributed by atoms with E-state index in [0.717, 1.165) is 6.54 Å². The highest BCUT2D eigenvalue weighted by atomic mass is 15.3. The lowest BCUT2D eigenvalue weighted by Gasteiger charge is -2.30. The van der Waals surface area contributed by atoms with Gasteiger partial charge in [0.1, 0.15) is 0 Å². The molecule has 0 amide bonds. The van der Waals surface area contributed by atoms with E-state index in [1.54, 1.807) is 0 Å². The van der Waals surface area contributed by atoms with E-state index in [0.29, 0.717) is 0 Å². The van der Waals surface area contributed by atoms with E-state index < -0.39 is 0 Å². The first-order valence-corrected chi connectivity index (χ1v) is 7.79. The minimum atomic E-state index is 0.852. The molecule has 110 valence electrons. The molecule has 0 aliphatic rings. The fraction of sp³-hybridized carbons (Fsp3) is 1.00. The van der Waals surface area contributed by atoms with E-state index in [2.05, 4.69) is 19.4 Å². The zero-order chi connectivity index (χ0) is 13.7. The second-order valence-electron chi connectivity index (χ2n) is 6.10. The Kier molecular flexibility index (Phi) is 11.9. The third kappa shape index (κ3) is 12.3. The maximum absolute atomic E-state index is 5.50. The molecule has 0 heterocycles. The molecule has 0 saturated carbocycles. The van der Waals surface area contributed by atoms with Gasteiger partial charge in [-0.1, -0.05) is 12.8 Å². The number of hydrogen-bond donors (Lipinski definition) is 2. The lowest BCUT2D eigenvalue weighted by Crippen LogP contribution is -2.41. The topological polar surface area (TPSA) is 38.0 Å². The van der Waals surface area contributed by atoms with Crippen molar-refractivity contribution in [1.29, 1.82) is 0 Å². The van der Waals surface area contributed by atoms with E-state index >= 15 is 0 Å². The molecule has 3 heteroatoms. The Bertz CT molecular complexity index is 169. The highest BCUT2D eigenvalue weighted by Gasteiger charge is 2.13. The molecule has 0 bridgehead atoms. The minimum absolute atomic E-state index is 0.852. The quantitative estimate of drug-likeness (QED) is 0.393. The molecule has 0 radical (unpaired) electrons. The van der Waals surface area contributed by atoms with Crippen LogP contribution in [0.15, 0.2) is 0 Å². The summed E-state index contributed by atoms with van der Waals surface area (Å²) in [5.41, 5.74) is 5.50. The Labute approximate surface area is 115 Å². The number of rotatable bonds is 13. The normalized spacial score (nSPS) is 12.0. The monoisotopic (exact) mass is 258 g/mol. The maximum atomic E-state index is 5.50. The van der Waals surface area contributed by atoms with E-state index in [4.69, 9.17) is 5.73 Å². The number of nitrogens with zero attached hydrogens (tertiary/aromatic N) is 1. The van der Waals surface area contributed by atoms with Crippen molar-refractivity contribution in [2.75, 3.05) is 47.3 Å². The van der Waals surface area contributed by atoms with Gasteiger partial charge in [-0.3, -0.25) is 0 Å². The van der Waals surface area contributed by atoms with Gasteiger partial charge in [-0.2, -0.15) is 0 Å². The van der Waals surface area contributed by atoms with Gasteiger partial charge in [0.05, 0.1) is 27.2 Å². The molecule has 0 aromatic rings. The van der Waals surface area contributed by atoms with Gasteiger partial charge >= 0.3 is 0 Å². The largest absolute Gasteiger partial charge is 0.330 e. The lowest BCUT2D eigenvalue weighted by molar-refractivity contribution is -0.890. The Hall–Kier alpha value is -0.120. The minimum Gasteiger partial charge on any atom is -0.330 e. The molecule has 3 N–H and O–H groups in total. The van der Waals surface area contributed by atoms with Crippen LogP contribution >= 0.6 is 0 Å². The molecule has 0 saturated heterocycles. The number of hydrogen-bond acceptors (Lipinski definition) is 2. The van der Waals surface area contributed by atoms with Gasteiger partial charge in [0.2, 0.25) is 0 Å². The Morgan fingerprint density at radius 3 is 1.78 bits per heavy atom. The van der Waals surface area contributed by atoms with Crippen molar-refractivity contribution in [2.45, 2.75) is 51.4 Å². The van der Waals surface area contributed by atoms with Gasteiger partial charge in [-0.25, -0.2) is 0 Å². The van der Waals surface area contributed by atoms with E-state index in [9.17, 15) is 0 Å². The van der Waals surface area contributed by atoms with Gasteiger partial charge in [-0.15, -0.1) is 0 Å². The molecule has 0 aliphatic heterocycles. The Morgan fingerprint density at radius 2 is 1.28 bits per heavy atom. The van der Waals surface area contributed by atoms with Crippen molar-refractivity contribution < 1.29 is 4.48 Å². The highest BCUT2D eigenvalue weighted by molar-refractivity contribution is 4.47. The number of nitrogens with one attached hydrogen (secondary N) is 1. The Balaban J connectivity index is 3.37. The molecular weight excluding hydrogens is 222 g/mol. The van der Waals surface area contributed by atoms with Crippen LogP contribution in [0.5, 0.6) is 0 Å². The van der Waals surface area contributed by atoms with Crippen molar-refractivity contribution in [3.63, 3.8) is 0 Å². The van der Waals surface area contributed by atoms with Crippen LogP contribution in [0.3, 0.4) is 0 Å². The SMILES string of the molecule is CNCCCCCC[N+](C)(C)CCCCCCN. The summed E-state index contributed by atoms with van der Waals surface area (Å²) >= 11 is 0. The van der Waals surface area contributed by atoms with Crippen LogP contribution in [0.2, 0.25) is 0 Å². The first-order chi connectivity index (χ1) is 8.62. The number of unbranched alkanes of at least 4 members (excludes halogenated alkanes) is 6. The number of nitrogens with two attached hydrogens (primary N) is 1. The predicted molar refractivity (Wildman–Crippen MR) is 81.8 cm³/mol. The zero-order valence-corrected chi connectivity index (χ0v) is 13.0. The van der Waals surface area contributed by atoms with Crippen molar-refractivity contribution in [1.82, 2.24) is 5.32 Å².